The van der Waals surface area contributed by atoms with Crippen LogP contribution in [0.1, 0.15) is 32.1 Å². The summed E-state index contributed by atoms with van der Waals surface area (Å²) in [4.78, 5) is 24.7. The molecule has 1 saturated carbocycles. The molecule has 1 heterocycles. The van der Waals surface area contributed by atoms with Crippen molar-refractivity contribution < 1.29 is 24.5 Å². The van der Waals surface area contributed by atoms with Crippen molar-refractivity contribution >= 4 is 12.0 Å². The molecular formula is C13H22N2O5. The molecule has 2 aliphatic rings. The zero-order valence-electron chi connectivity index (χ0n) is 11.6. The van der Waals surface area contributed by atoms with E-state index in [0.717, 1.165) is 19.3 Å². The molecule has 7 nitrogen and oxygen atoms in total. The maximum atomic E-state index is 12.2. The number of nitrogens with zero attached hydrogens (tertiary/aromatic N) is 1. The van der Waals surface area contributed by atoms with Crippen LogP contribution in [0.3, 0.4) is 0 Å². The van der Waals surface area contributed by atoms with Gasteiger partial charge in [-0.3, -0.25) is 0 Å². The number of aliphatic hydroxyl groups excluding tert-OH is 1. The molecule has 0 spiro atoms. The Balaban J connectivity index is 1.98. The summed E-state index contributed by atoms with van der Waals surface area (Å²) in [6.45, 7) is 0.266. The standard InChI is InChI=1S/C13H22N2O5/c1-20-8-6-10(12(17)18)15(7-8)13(19)14-9-4-2-3-5-11(9)16/h8-11,16H,2-7H2,1H3,(H,14,19)(H,17,18). The van der Waals surface area contributed by atoms with Crippen LogP contribution in [-0.2, 0) is 9.53 Å². The van der Waals surface area contributed by atoms with Crippen molar-refractivity contribution in [3.05, 3.63) is 0 Å². The first-order chi connectivity index (χ1) is 9.52. The summed E-state index contributed by atoms with van der Waals surface area (Å²) in [6, 6.07) is -1.57. The maximum absolute atomic E-state index is 12.2. The minimum absolute atomic E-state index is 0.252. The SMILES string of the molecule is COC1CC(C(=O)O)N(C(=O)NC2CCCCC2O)C1. The highest BCUT2D eigenvalue weighted by molar-refractivity contribution is 5.83. The van der Waals surface area contributed by atoms with Crippen LogP contribution in [0.15, 0.2) is 0 Å². The second-order valence-electron chi connectivity index (χ2n) is 5.51. The van der Waals surface area contributed by atoms with Crippen molar-refractivity contribution in [2.45, 2.75) is 56.4 Å². The molecule has 7 heteroatoms. The van der Waals surface area contributed by atoms with Gasteiger partial charge in [0.1, 0.15) is 6.04 Å². The smallest absolute Gasteiger partial charge is 0.326 e. The van der Waals surface area contributed by atoms with E-state index >= 15 is 0 Å². The molecule has 0 bridgehead atoms. The number of hydrogen-bond acceptors (Lipinski definition) is 4. The van der Waals surface area contributed by atoms with Gasteiger partial charge in [0.2, 0.25) is 0 Å². The number of aliphatic carboxylic acids is 1. The average Bonchev–Trinajstić information content (AvgIpc) is 2.86. The predicted octanol–water partition coefficient (Wildman–Crippen LogP) is 0.173. The monoisotopic (exact) mass is 286 g/mol. The molecule has 114 valence electrons. The number of nitrogens with one attached hydrogen (secondary N) is 1. The van der Waals surface area contributed by atoms with Gasteiger partial charge in [-0.05, 0) is 12.8 Å². The van der Waals surface area contributed by atoms with E-state index < -0.39 is 24.1 Å². The van der Waals surface area contributed by atoms with Crippen LogP contribution in [0.2, 0.25) is 0 Å². The molecule has 20 heavy (non-hydrogen) atoms. The highest BCUT2D eigenvalue weighted by atomic mass is 16.5. The Kier molecular flexibility index (Phi) is 4.82. The first kappa shape index (κ1) is 15.1. The molecule has 2 rings (SSSR count). The van der Waals surface area contributed by atoms with E-state index in [2.05, 4.69) is 5.32 Å². The summed E-state index contributed by atoms with van der Waals surface area (Å²) < 4.78 is 5.15. The molecule has 0 aromatic heterocycles. The number of amides is 2. The summed E-state index contributed by atoms with van der Waals surface area (Å²) in [5.74, 6) is -1.02. The van der Waals surface area contributed by atoms with Gasteiger partial charge in [0.05, 0.1) is 18.2 Å². The van der Waals surface area contributed by atoms with Crippen molar-refractivity contribution in [2.24, 2.45) is 0 Å². The van der Waals surface area contributed by atoms with Crippen molar-refractivity contribution in [3.8, 4) is 0 Å². The maximum Gasteiger partial charge on any atom is 0.326 e. The number of rotatable bonds is 3. The first-order valence-corrected chi connectivity index (χ1v) is 7.03. The van der Waals surface area contributed by atoms with Crippen LogP contribution in [0, 0.1) is 0 Å². The van der Waals surface area contributed by atoms with Crippen molar-refractivity contribution in [3.63, 3.8) is 0 Å². The number of carboxylic acid groups (broad SMARTS) is 1. The van der Waals surface area contributed by atoms with Gasteiger partial charge in [-0.15, -0.1) is 0 Å². The molecule has 2 amide bonds. The first-order valence-electron chi connectivity index (χ1n) is 7.03. The summed E-state index contributed by atoms with van der Waals surface area (Å²) in [5, 5.41) is 21.8. The molecule has 4 atom stereocenters. The Morgan fingerprint density at radius 2 is 2.00 bits per heavy atom. The quantitative estimate of drug-likeness (QED) is 0.687. The van der Waals surface area contributed by atoms with E-state index in [1.807, 2.05) is 0 Å². The van der Waals surface area contributed by atoms with Gasteiger partial charge in [-0.2, -0.15) is 0 Å². The lowest BCUT2D eigenvalue weighted by molar-refractivity contribution is -0.141. The van der Waals surface area contributed by atoms with Gasteiger partial charge >= 0.3 is 12.0 Å². The molecule has 0 aromatic carbocycles. The minimum Gasteiger partial charge on any atom is -0.480 e. The molecule has 4 unspecified atom stereocenters. The number of hydrogen-bond donors (Lipinski definition) is 3. The molecule has 0 aromatic rings. The van der Waals surface area contributed by atoms with Crippen molar-refractivity contribution in [1.29, 1.82) is 0 Å². The predicted molar refractivity (Wildman–Crippen MR) is 70.3 cm³/mol. The lowest BCUT2D eigenvalue weighted by Gasteiger charge is -2.31. The van der Waals surface area contributed by atoms with Gasteiger partial charge in [0.15, 0.2) is 0 Å². The zero-order chi connectivity index (χ0) is 14.7. The largest absolute Gasteiger partial charge is 0.480 e. The molecule has 1 aliphatic heterocycles. The molecular weight excluding hydrogens is 264 g/mol. The Morgan fingerprint density at radius 3 is 2.60 bits per heavy atom. The number of urea groups is 1. The molecule has 2 fully saturated rings. The number of carbonyl (C=O) groups excluding carboxylic acids is 1. The Bertz CT molecular complexity index is 376. The van der Waals surface area contributed by atoms with Crippen LogP contribution in [-0.4, -0.2) is 65.1 Å². The summed E-state index contributed by atoms with van der Waals surface area (Å²) in [6.07, 6.45) is 2.83. The van der Waals surface area contributed by atoms with E-state index in [4.69, 9.17) is 4.74 Å². The molecule has 1 aliphatic carbocycles. The zero-order valence-corrected chi connectivity index (χ0v) is 11.6. The fourth-order valence-corrected chi connectivity index (χ4v) is 2.95. The number of likely N-dealkylation sites (tertiary alicyclic amines) is 1. The molecule has 3 N–H and O–H groups in total. The number of carbonyl (C=O) groups is 2. The van der Waals surface area contributed by atoms with Gasteiger partial charge < -0.3 is 25.2 Å². The topological polar surface area (TPSA) is 99.1 Å². The molecule has 0 radical (unpaired) electrons. The fourth-order valence-electron chi connectivity index (χ4n) is 2.95. The van der Waals surface area contributed by atoms with E-state index in [9.17, 15) is 19.8 Å². The normalized spacial score (nSPS) is 34.0. The lowest BCUT2D eigenvalue weighted by Crippen LogP contribution is -2.53. The third-order valence-electron chi connectivity index (χ3n) is 4.18. The average molecular weight is 286 g/mol. The van der Waals surface area contributed by atoms with E-state index in [1.54, 1.807) is 0 Å². The van der Waals surface area contributed by atoms with Crippen molar-refractivity contribution in [1.82, 2.24) is 10.2 Å². The fraction of sp³-hybridized carbons (Fsp3) is 0.846. The Hall–Kier alpha value is -1.34. The van der Waals surface area contributed by atoms with E-state index in [1.165, 1.54) is 12.0 Å². The number of methoxy groups -OCH3 is 1. The Labute approximate surface area is 117 Å². The highest BCUT2D eigenvalue weighted by Gasteiger charge is 2.40. The van der Waals surface area contributed by atoms with E-state index in [0.29, 0.717) is 12.8 Å². The van der Waals surface area contributed by atoms with Crippen LogP contribution in [0.25, 0.3) is 0 Å². The van der Waals surface area contributed by atoms with Crippen molar-refractivity contribution in [2.75, 3.05) is 13.7 Å². The molecule has 1 saturated heterocycles. The second-order valence-corrected chi connectivity index (χ2v) is 5.51. The lowest BCUT2D eigenvalue weighted by atomic mass is 9.93. The third-order valence-corrected chi connectivity index (χ3v) is 4.18. The second kappa shape index (κ2) is 6.41. The number of carboxylic acids is 1. The summed E-state index contributed by atoms with van der Waals surface area (Å²) in [7, 11) is 1.51. The highest BCUT2D eigenvalue weighted by Crippen LogP contribution is 2.22. The van der Waals surface area contributed by atoms with Gasteiger partial charge in [-0.1, -0.05) is 12.8 Å². The third kappa shape index (κ3) is 3.21. The van der Waals surface area contributed by atoms with Crippen LogP contribution in [0.5, 0.6) is 0 Å². The Morgan fingerprint density at radius 1 is 1.30 bits per heavy atom. The summed E-state index contributed by atoms with van der Waals surface area (Å²) in [5.41, 5.74) is 0. The minimum atomic E-state index is -1.02. The number of ether oxygens (including phenoxy) is 1. The van der Waals surface area contributed by atoms with Gasteiger partial charge in [0.25, 0.3) is 0 Å². The van der Waals surface area contributed by atoms with Crippen LogP contribution < -0.4 is 5.32 Å². The van der Waals surface area contributed by atoms with Crippen LogP contribution in [0.4, 0.5) is 4.79 Å². The van der Waals surface area contributed by atoms with Crippen LogP contribution >= 0.6 is 0 Å². The van der Waals surface area contributed by atoms with E-state index in [-0.39, 0.29) is 18.7 Å². The van der Waals surface area contributed by atoms with Gasteiger partial charge in [-0.25, -0.2) is 9.59 Å². The summed E-state index contributed by atoms with van der Waals surface area (Å²) >= 11 is 0. The number of aliphatic hydroxyl groups is 1. The van der Waals surface area contributed by atoms with Gasteiger partial charge in [0, 0.05) is 20.1 Å².